The zero-order valence-electron chi connectivity index (χ0n) is 12.3. The Labute approximate surface area is 126 Å². The summed E-state index contributed by atoms with van der Waals surface area (Å²) in [4.78, 5) is 14.2. The molecule has 1 saturated heterocycles. The lowest BCUT2D eigenvalue weighted by molar-refractivity contribution is -0.118. The van der Waals surface area contributed by atoms with E-state index < -0.39 is 15.1 Å². The van der Waals surface area contributed by atoms with Crippen LogP contribution in [0.4, 0.5) is 5.69 Å². The van der Waals surface area contributed by atoms with E-state index >= 15 is 0 Å². The van der Waals surface area contributed by atoms with Crippen molar-refractivity contribution >= 4 is 21.4 Å². The number of anilines is 1. The van der Waals surface area contributed by atoms with Crippen LogP contribution in [0.1, 0.15) is 31.7 Å². The van der Waals surface area contributed by atoms with Crippen molar-refractivity contribution in [3.63, 3.8) is 0 Å². The SMILES string of the molecule is CCN(C(=O)C1CCCCS1(=O)=O)c1ccc(CN)cc1. The quantitative estimate of drug-likeness (QED) is 0.913. The molecule has 1 aromatic rings. The molecule has 6 heteroatoms. The van der Waals surface area contributed by atoms with E-state index in [-0.39, 0.29) is 11.7 Å². The van der Waals surface area contributed by atoms with Crippen molar-refractivity contribution in [1.29, 1.82) is 0 Å². The summed E-state index contributed by atoms with van der Waals surface area (Å²) in [6.07, 6.45) is 1.88. The Hall–Kier alpha value is -1.40. The normalized spacial score (nSPS) is 21.0. The minimum Gasteiger partial charge on any atom is -0.326 e. The Kier molecular flexibility index (Phi) is 5.00. The molecule has 0 aliphatic carbocycles. The summed E-state index contributed by atoms with van der Waals surface area (Å²) < 4.78 is 24.2. The predicted octanol–water partition coefficient (Wildman–Crippen LogP) is 1.47. The van der Waals surface area contributed by atoms with E-state index in [0.717, 1.165) is 17.7 Å². The molecule has 0 aromatic heterocycles. The van der Waals surface area contributed by atoms with Crippen molar-refractivity contribution in [3.8, 4) is 0 Å². The third-order valence-electron chi connectivity index (χ3n) is 3.92. The van der Waals surface area contributed by atoms with Gasteiger partial charge in [-0.2, -0.15) is 0 Å². The van der Waals surface area contributed by atoms with Gasteiger partial charge in [-0.1, -0.05) is 18.6 Å². The van der Waals surface area contributed by atoms with Gasteiger partial charge in [0, 0.05) is 18.8 Å². The summed E-state index contributed by atoms with van der Waals surface area (Å²) in [5.41, 5.74) is 7.26. The Bertz CT molecular complexity index is 596. The molecule has 2 N–H and O–H groups in total. The lowest BCUT2D eigenvalue weighted by atomic mass is 10.1. The van der Waals surface area contributed by atoms with Crippen LogP contribution >= 0.6 is 0 Å². The van der Waals surface area contributed by atoms with Crippen molar-refractivity contribution < 1.29 is 13.2 Å². The van der Waals surface area contributed by atoms with Gasteiger partial charge in [-0.15, -0.1) is 0 Å². The molecule has 1 aliphatic rings. The standard InChI is InChI=1S/C15H22N2O3S/c1-2-17(13-8-6-12(11-16)7-9-13)15(18)14-5-3-4-10-21(14,19)20/h6-9,14H,2-5,10-11,16H2,1H3. The molecule has 1 heterocycles. The van der Waals surface area contributed by atoms with Gasteiger partial charge in [0.25, 0.3) is 0 Å². The number of sulfone groups is 1. The average molecular weight is 310 g/mol. The van der Waals surface area contributed by atoms with Crippen LogP contribution in [-0.4, -0.2) is 31.9 Å². The Morgan fingerprint density at radius 2 is 1.95 bits per heavy atom. The van der Waals surface area contributed by atoms with Crippen molar-refractivity contribution in [2.75, 3.05) is 17.2 Å². The second-order valence-corrected chi connectivity index (χ2v) is 7.61. The lowest BCUT2D eigenvalue weighted by Gasteiger charge is -2.28. The zero-order chi connectivity index (χ0) is 15.5. The lowest BCUT2D eigenvalue weighted by Crippen LogP contribution is -2.45. The molecule has 21 heavy (non-hydrogen) atoms. The molecule has 2 rings (SSSR count). The highest BCUT2D eigenvalue weighted by molar-refractivity contribution is 7.92. The van der Waals surface area contributed by atoms with Crippen LogP contribution in [0, 0.1) is 0 Å². The Morgan fingerprint density at radius 1 is 1.29 bits per heavy atom. The first kappa shape index (κ1) is 16.0. The topological polar surface area (TPSA) is 80.5 Å². The van der Waals surface area contributed by atoms with Gasteiger partial charge in [0.05, 0.1) is 5.75 Å². The predicted molar refractivity (Wildman–Crippen MR) is 83.8 cm³/mol. The molecule has 0 bridgehead atoms. The summed E-state index contributed by atoms with van der Waals surface area (Å²) in [5.74, 6) is -0.190. The Morgan fingerprint density at radius 3 is 2.48 bits per heavy atom. The molecule has 0 spiro atoms. The number of rotatable bonds is 4. The van der Waals surface area contributed by atoms with E-state index in [4.69, 9.17) is 5.73 Å². The van der Waals surface area contributed by atoms with Gasteiger partial charge in [-0.3, -0.25) is 4.79 Å². The number of carbonyl (C=O) groups is 1. The third-order valence-corrected chi connectivity index (χ3v) is 6.08. The minimum atomic E-state index is -3.31. The molecular weight excluding hydrogens is 288 g/mol. The second-order valence-electron chi connectivity index (χ2n) is 5.30. The van der Waals surface area contributed by atoms with Gasteiger partial charge in [0.2, 0.25) is 5.91 Å². The molecule has 0 saturated carbocycles. The maximum atomic E-state index is 12.6. The molecule has 5 nitrogen and oxygen atoms in total. The number of hydrogen-bond acceptors (Lipinski definition) is 4. The van der Waals surface area contributed by atoms with Gasteiger partial charge in [0.1, 0.15) is 5.25 Å². The van der Waals surface area contributed by atoms with Gasteiger partial charge in [0.15, 0.2) is 9.84 Å². The molecule has 116 valence electrons. The molecule has 1 unspecified atom stereocenters. The van der Waals surface area contributed by atoms with Crippen molar-refractivity contribution in [3.05, 3.63) is 29.8 Å². The highest BCUT2D eigenvalue weighted by Crippen LogP contribution is 2.24. The summed E-state index contributed by atoms with van der Waals surface area (Å²) in [5, 5.41) is -0.889. The zero-order valence-corrected chi connectivity index (χ0v) is 13.1. The fourth-order valence-corrected chi connectivity index (χ4v) is 4.53. The maximum Gasteiger partial charge on any atom is 0.245 e. The van der Waals surface area contributed by atoms with Gasteiger partial charge < -0.3 is 10.6 Å². The van der Waals surface area contributed by atoms with E-state index in [9.17, 15) is 13.2 Å². The first-order valence-corrected chi connectivity index (χ1v) is 9.03. The largest absolute Gasteiger partial charge is 0.326 e. The molecule has 1 fully saturated rings. The van der Waals surface area contributed by atoms with Gasteiger partial charge >= 0.3 is 0 Å². The molecule has 1 atom stereocenters. The molecular formula is C15H22N2O3S. The maximum absolute atomic E-state index is 12.6. The summed E-state index contributed by atoms with van der Waals surface area (Å²) in [7, 11) is -3.31. The van der Waals surface area contributed by atoms with E-state index in [1.165, 1.54) is 0 Å². The fourth-order valence-electron chi connectivity index (χ4n) is 2.68. The summed E-state index contributed by atoms with van der Waals surface area (Å²) in [6.45, 7) is 2.74. The second kappa shape index (κ2) is 6.58. The molecule has 1 aromatic carbocycles. The third kappa shape index (κ3) is 3.44. The van der Waals surface area contributed by atoms with E-state index in [0.29, 0.717) is 25.9 Å². The molecule has 1 amide bonds. The minimum absolute atomic E-state index is 0.118. The number of nitrogens with two attached hydrogens (primary N) is 1. The van der Waals surface area contributed by atoms with Crippen LogP contribution in [0.3, 0.4) is 0 Å². The van der Waals surface area contributed by atoms with Crippen LogP contribution < -0.4 is 10.6 Å². The average Bonchev–Trinajstić information content (AvgIpc) is 2.48. The van der Waals surface area contributed by atoms with Crippen molar-refractivity contribution in [2.45, 2.75) is 38.0 Å². The van der Waals surface area contributed by atoms with Crippen LogP contribution in [0.25, 0.3) is 0 Å². The first-order chi connectivity index (χ1) is 9.99. The smallest absolute Gasteiger partial charge is 0.245 e. The fraction of sp³-hybridized carbons (Fsp3) is 0.533. The first-order valence-electron chi connectivity index (χ1n) is 7.31. The Balaban J connectivity index is 2.25. The van der Waals surface area contributed by atoms with Crippen LogP contribution in [0.2, 0.25) is 0 Å². The van der Waals surface area contributed by atoms with Gasteiger partial charge in [-0.05, 0) is 37.5 Å². The summed E-state index contributed by atoms with van der Waals surface area (Å²) in [6, 6.07) is 7.36. The number of hydrogen-bond donors (Lipinski definition) is 1. The molecule has 1 aliphatic heterocycles. The molecule has 0 radical (unpaired) electrons. The van der Waals surface area contributed by atoms with Gasteiger partial charge in [-0.25, -0.2) is 8.42 Å². The number of benzene rings is 1. The van der Waals surface area contributed by atoms with E-state index in [1.807, 2.05) is 31.2 Å². The highest BCUT2D eigenvalue weighted by Gasteiger charge is 2.37. The monoisotopic (exact) mass is 310 g/mol. The van der Waals surface area contributed by atoms with E-state index in [2.05, 4.69) is 0 Å². The van der Waals surface area contributed by atoms with Crippen LogP contribution in [0.15, 0.2) is 24.3 Å². The van der Waals surface area contributed by atoms with E-state index in [1.54, 1.807) is 4.90 Å². The highest BCUT2D eigenvalue weighted by atomic mass is 32.2. The summed E-state index contributed by atoms with van der Waals surface area (Å²) >= 11 is 0. The number of nitrogens with zero attached hydrogens (tertiary/aromatic N) is 1. The van der Waals surface area contributed by atoms with Crippen LogP contribution in [-0.2, 0) is 21.2 Å². The number of amides is 1. The van der Waals surface area contributed by atoms with Crippen molar-refractivity contribution in [2.24, 2.45) is 5.73 Å². The number of carbonyl (C=O) groups excluding carboxylic acids is 1. The van der Waals surface area contributed by atoms with Crippen LogP contribution in [0.5, 0.6) is 0 Å². The van der Waals surface area contributed by atoms with Crippen molar-refractivity contribution in [1.82, 2.24) is 0 Å².